The Labute approximate surface area is 142 Å². The van der Waals surface area contributed by atoms with Gasteiger partial charge in [-0.15, -0.1) is 0 Å². The lowest BCUT2D eigenvalue weighted by atomic mass is 10.1. The normalized spacial score (nSPS) is 16.1. The number of pyridine rings is 1. The molecular formula is C20H22N2O2. The standard InChI is InChI=1S/C20H22N2O2/c23-20(13-16-6-1-2-7-16)22-14-17-8-5-10-19(12-17)24-15-18-9-3-4-11-21-18/h1,3-6,8-12,16H,2,7,13-15H2,(H,22,23)/t16-/m0/s1. The van der Waals surface area contributed by atoms with Crippen molar-refractivity contribution in [3.8, 4) is 5.75 Å². The van der Waals surface area contributed by atoms with Crippen molar-refractivity contribution in [3.63, 3.8) is 0 Å². The fraction of sp³-hybridized carbons (Fsp3) is 0.300. The van der Waals surface area contributed by atoms with Crippen LogP contribution in [0.5, 0.6) is 5.75 Å². The Morgan fingerprint density at radius 2 is 2.21 bits per heavy atom. The zero-order valence-electron chi connectivity index (χ0n) is 13.7. The molecule has 1 atom stereocenters. The third kappa shape index (κ3) is 4.95. The quantitative estimate of drug-likeness (QED) is 0.792. The molecule has 0 radical (unpaired) electrons. The maximum Gasteiger partial charge on any atom is 0.220 e. The lowest BCUT2D eigenvalue weighted by Crippen LogP contribution is -2.24. The smallest absolute Gasteiger partial charge is 0.220 e. The minimum atomic E-state index is 0.103. The SMILES string of the molecule is O=C(C[C@H]1C=CCC1)NCc1cccc(OCc2ccccn2)c1. The highest BCUT2D eigenvalue weighted by atomic mass is 16.5. The summed E-state index contributed by atoms with van der Waals surface area (Å²) in [5, 5.41) is 2.99. The molecule has 0 bridgehead atoms. The molecule has 124 valence electrons. The number of allylic oxidation sites excluding steroid dienone is 2. The molecule has 2 aromatic rings. The van der Waals surface area contributed by atoms with Crippen molar-refractivity contribution in [2.45, 2.75) is 32.4 Å². The highest BCUT2D eigenvalue weighted by Crippen LogP contribution is 2.20. The number of rotatable bonds is 7. The monoisotopic (exact) mass is 322 g/mol. The predicted octanol–water partition coefficient (Wildman–Crippen LogP) is 3.63. The molecule has 0 spiro atoms. The van der Waals surface area contributed by atoms with Crippen LogP contribution in [0.2, 0.25) is 0 Å². The van der Waals surface area contributed by atoms with E-state index in [4.69, 9.17) is 4.74 Å². The first-order chi connectivity index (χ1) is 11.8. The first-order valence-electron chi connectivity index (χ1n) is 8.34. The Hall–Kier alpha value is -2.62. The van der Waals surface area contributed by atoms with Gasteiger partial charge in [0.25, 0.3) is 0 Å². The maximum absolute atomic E-state index is 12.0. The molecule has 1 aliphatic rings. The van der Waals surface area contributed by atoms with Gasteiger partial charge in [-0.05, 0) is 48.6 Å². The summed E-state index contributed by atoms with van der Waals surface area (Å²) in [6, 6.07) is 13.6. The minimum absolute atomic E-state index is 0.103. The number of nitrogens with zero attached hydrogens (tertiary/aromatic N) is 1. The Morgan fingerprint density at radius 1 is 1.25 bits per heavy atom. The molecule has 1 amide bonds. The summed E-state index contributed by atoms with van der Waals surface area (Å²) in [5.74, 6) is 1.29. The second-order valence-electron chi connectivity index (χ2n) is 6.00. The van der Waals surface area contributed by atoms with E-state index >= 15 is 0 Å². The van der Waals surface area contributed by atoms with Crippen molar-refractivity contribution >= 4 is 5.91 Å². The highest BCUT2D eigenvalue weighted by molar-refractivity contribution is 5.76. The predicted molar refractivity (Wildman–Crippen MR) is 93.3 cm³/mol. The summed E-state index contributed by atoms with van der Waals surface area (Å²) in [6.45, 7) is 0.959. The van der Waals surface area contributed by atoms with Crippen LogP contribution in [0, 0.1) is 5.92 Å². The molecule has 1 heterocycles. The lowest BCUT2D eigenvalue weighted by Gasteiger charge is -2.10. The average molecular weight is 322 g/mol. The van der Waals surface area contributed by atoms with Gasteiger partial charge in [0.15, 0.2) is 0 Å². The van der Waals surface area contributed by atoms with Gasteiger partial charge < -0.3 is 10.1 Å². The first kappa shape index (κ1) is 16.2. The second-order valence-corrected chi connectivity index (χ2v) is 6.00. The van der Waals surface area contributed by atoms with E-state index in [0.717, 1.165) is 29.8 Å². The van der Waals surface area contributed by atoms with E-state index in [2.05, 4.69) is 22.5 Å². The van der Waals surface area contributed by atoms with E-state index in [0.29, 0.717) is 25.5 Å². The van der Waals surface area contributed by atoms with Crippen LogP contribution < -0.4 is 10.1 Å². The molecule has 3 rings (SSSR count). The van der Waals surface area contributed by atoms with Crippen LogP contribution in [0.4, 0.5) is 0 Å². The summed E-state index contributed by atoms with van der Waals surface area (Å²) >= 11 is 0. The zero-order valence-corrected chi connectivity index (χ0v) is 13.7. The summed E-state index contributed by atoms with van der Waals surface area (Å²) in [4.78, 5) is 16.2. The summed E-state index contributed by atoms with van der Waals surface area (Å²) in [6.07, 6.45) is 8.81. The number of nitrogens with one attached hydrogen (secondary N) is 1. The zero-order chi connectivity index (χ0) is 16.6. The number of hydrogen-bond acceptors (Lipinski definition) is 3. The highest BCUT2D eigenvalue weighted by Gasteiger charge is 2.13. The number of hydrogen-bond donors (Lipinski definition) is 1. The van der Waals surface area contributed by atoms with Crippen molar-refractivity contribution in [1.29, 1.82) is 0 Å². The number of aromatic nitrogens is 1. The maximum atomic E-state index is 12.0. The van der Waals surface area contributed by atoms with Gasteiger partial charge >= 0.3 is 0 Å². The fourth-order valence-electron chi connectivity index (χ4n) is 2.76. The number of carbonyl (C=O) groups is 1. The van der Waals surface area contributed by atoms with Crippen LogP contribution >= 0.6 is 0 Å². The Balaban J connectivity index is 1.47. The molecule has 0 unspecified atom stereocenters. The molecule has 4 nitrogen and oxygen atoms in total. The van der Waals surface area contributed by atoms with Gasteiger partial charge in [-0.1, -0.05) is 30.4 Å². The van der Waals surface area contributed by atoms with Gasteiger partial charge in [0, 0.05) is 19.2 Å². The minimum Gasteiger partial charge on any atom is -0.487 e. The second kappa shape index (κ2) is 8.29. The van der Waals surface area contributed by atoms with E-state index in [9.17, 15) is 4.79 Å². The molecule has 0 fully saturated rings. The molecule has 1 N–H and O–H groups in total. The van der Waals surface area contributed by atoms with E-state index in [1.807, 2.05) is 42.5 Å². The van der Waals surface area contributed by atoms with Crippen LogP contribution in [-0.4, -0.2) is 10.9 Å². The van der Waals surface area contributed by atoms with Crippen molar-refractivity contribution in [2.75, 3.05) is 0 Å². The van der Waals surface area contributed by atoms with Crippen LogP contribution in [0.15, 0.2) is 60.8 Å². The lowest BCUT2D eigenvalue weighted by molar-refractivity contribution is -0.121. The topological polar surface area (TPSA) is 51.2 Å². The van der Waals surface area contributed by atoms with Crippen LogP contribution in [-0.2, 0) is 17.9 Å². The van der Waals surface area contributed by atoms with Gasteiger partial charge in [-0.25, -0.2) is 0 Å². The van der Waals surface area contributed by atoms with Gasteiger partial charge in [0.2, 0.25) is 5.91 Å². The molecule has 0 saturated heterocycles. The van der Waals surface area contributed by atoms with Crippen molar-refractivity contribution < 1.29 is 9.53 Å². The van der Waals surface area contributed by atoms with Crippen molar-refractivity contribution in [2.24, 2.45) is 5.92 Å². The van der Waals surface area contributed by atoms with Crippen molar-refractivity contribution in [1.82, 2.24) is 10.3 Å². The number of amides is 1. The molecule has 0 saturated carbocycles. The first-order valence-corrected chi connectivity index (χ1v) is 8.34. The van der Waals surface area contributed by atoms with Crippen LogP contribution in [0.3, 0.4) is 0 Å². The summed E-state index contributed by atoms with van der Waals surface area (Å²) in [7, 11) is 0. The van der Waals surface area contributed by atoms with Crippen LogP contribution in [0.1, 0.15) is 30.5 Å². The van der Waals surface area contributed by atoms with Gasteiger partial charge in [-0.2, -0.15) is 0 Å². The van der Waals surface area contributed by atoms with E-state index in [1.54, 1.807) is 6.20 Å². The molecule has 4 heteroatoms. The van der Waals surface area contributed by atoms with Crippen molar-refractivity contribution in [3.05, 3.63) is 72.1 Å². The largest absolute Gasteiger partial charge is 0.487 e. The third-order valence-corrected chi connectivity index (χ3v) is 4.06. The Kier molecular flexibility index (Phi) is 5.61. The van der Waals surface area contributed by atoms with Gasteiger partial charge in [0.1, 0.15) is 12.4 Å². The number of carbonyl (C=O) groups excluding carboxylic acids is 1. The molecular weight excluding hydrogens is 300 g/mol. The van der Waals surface area contributed by atoms with Crippen LogP contribution in [0.25, 0.3) is 0 Å². The molecule has 1 aliphatic carbocycles. The van der Waals surface area contributed by atoms with Gasteiger partial charge in [0.05, 0.1) is 5.69 Å². The Bertz CT molecular complexity index is 698. The molecule has 0 aliphatic heterocycles. The van der Waals surface area contributed by atoms with E-state index in [-0.39, 0.29) is 5.91 Å². The molecule has 24 heavy (non-hydrogen) atoms. The summed E-state index contributed by atoms with van der Waals surface area (Å²) < 4.78 is 5.76. The average Bonchev–Trinajstić information content (AvgIpc) is 3.12. The number of benzene rings is 1. The molecule has 1 aromatic heterocycles. The third-order valence-electron chi connectivity index (χ3n) is 4.06. The Morgan fingerprint density at radius 3 is 3.00 bits per heavy atom. The number of ether oxygens (including phenoxy) is 1. The van der Waals surface area contributed by atoms with Gasteiger partial charge in [-0.3, -0.25) is 9.78 Å². The fourth-order valence-corrected chi connectivity index (χ4v) is 2.76. The van der Waals surface area contributed by atoms with E-state index < -0.39 is 0 Å². The van der Waals surface area contributed by atoms with E-state index in [1.165, 1.54) is 0 Å². The molecule has 1 aromatic carbocycles. The summed E-state index contributed by atoms with van der Waals surface area (Å²) in [5.41, 5.74) is 1.92.